The van der Waals surface area contributed by atoms with Crippen molar-refractivity contribution in [1.29, 1.82) is 0 Å². The molecule has 2 aromatic carbocycles. The van der Waals surface area contributed by atoms with E-state index in [1.165, 1.54) is 0 Å². The topological polar surface area (TPSA) is 49.3 Å². The molecular weight excluding hydrogens is 342 g/mol. The summed E-state index contributed by atoms with van der Waals surface area (Å²) in [6, 6.07) is 10.9. The SMILES string of the molecule is O=C1Cc2cc(C(O)c3cccc(Br)c3Cl)ccc2N1. The van der Waals surface area contributed by atoms with E-state index in [9.17, 15) is 9.90 Å². The quantitative estimate of drug-likeness (QED) is 0.866. The molecule has 1 atom stereocenters. The Morgan fingerprint density at radius 1 is 1.30 bits per heavy atom. The molecule has 0 spiro atoms. The molecule has 0 aromatic heterocycles. The highest BCUT2D eigenvalue weighted by Gasteiger charge is 2.21. The van der Waals surface area contributed by atoms with Crippen LogP contribution in [0.25, 0.3) is 0 Å². The van der Waals surface area contributed by atoms with E-state index in [-0.39, 0.29) is 5.91 Å². The summed E-state index contributed by atoms with van der Waals surface area (Å²) in [5.74, 6) is -0.0212. The Hall–Kier alpha value is -1.36. The van der Waals surface area contributed by atoms with Crippen LogP contribution in [0.15, 0.2) is 40.9 Å². The van der Waals surface area contributed by atoms with E-state index >= 15 is 0 Å². The van der Waals surface area contributed by atoms with E-state index < -0.39 is 6.10 Å². The van der Waals surface area contributed by atoms with Crippen LogP contribution < -0.4 is 5.32 Å². The number of aliphatic hydroxyl groups excluding tert-OH is 1. The third kappa shape index (κ3) is 2.35. The zero-order chi connectivity index (χ0) is 14.3. The molecule has 1 heterocycles. The molecule has 2 N–H and O–H groups in total. The first-order valence-electron chi connectivity index (χ1n) is 6.11. The van der Waals surface area contributed by atoms with E-state index in [2.05, 4.69) is 21.2 Å². The van der Waals surface area contributed by atoms with Crippen molar-refractivity contribution in [3.8, 4) is 0 Å². The summed E-state index contributed by atoms with van der Waals surface area (Å²) in [5.41, 5.74) is 3.07. The summed E-state index contributed by atoms with van der Waals surface area (Å²) in [5, 5.41) is 13.7. The van der Waals surface area contributed by atoms with Crippen LogP contribution in [-0.4, -0.2) is 11.0 Å². The number of hydrogen-bond donors (Lipinski definition) is 2. The molecule has 0 saturated carbocycles. The first-order valence-corrected chi connectivity index (χ1v) is 7.28. The Morgan fingerprint density at radius 3 is 2.90 bits per heavy atom. The third-order valence-corrected chi connectivity index (χ3v) is 4.66. The Bertz CT molecular complexity index is 702. The minimum atomic E-state index is -0.819. The fourth-order valence-corrected chi connectivity index (χ4v) is 2.94. The molecule has 20 heavy (non-hydrogen) atoms. The average Bonchev–Trinajstić information content (AvgIpc) is 2.80. The van der Waals surface area contributed by atoms with E-state index in [1.807, 2.05) is 24.3 Å². The molecule has 1 unspecified atom stereocenters. The number of carbonyl (C=O) groups is 1. The van der Waals surface area contributed by atoms with Gasteiger partial charge in [0.1, 0.15) is 6.10 Å². The lowest BCUT2D eigenvalue weighted by molar-refractivity contribution is -0.115. The molecule has 3 rings (SSSR count). The lowest BCUT2D eigenvalue weighted by Gasteiger charge is -2.15. The highest BCUT2D eigenvalue weighted by Crippen LogP contribution is 2.35. The second kappa shape index (κ2) is 5.20. The number of benzene rings is 2. The van der Waals surface area contributed by atoms with Crippen molar-refractivity contribution >= 4 is 39.1 Å². The molecule has 1 aliphatic heterocycles. The lowest BCUT2D eigenvalue weighted by atomic mass is 9.99. The van der Waals surface area contributed by atoms with Gasteiger partial charge in [0, 0.05) is 15.7 Å². The van der Waals surface area contributed by atoms with Gasteiger partial charge in [-0.2, -0.15) is 0 Å². The Balaban J connectivity index is 1.99. The van der Waals surface area contributed by atoms with Crippen molar-refractivity contribution in [1.82, 2.24) is 0 Å². The average molecular weight is 353 g/mol. The van der Waals surface area contributed by atoms with Gasteiger partial charge >= 0.3 is 0 Å². The molecule has 3 nitrogen and oxygen atoms in total. The number of fused-ring (bicyclic) bond motifs is 1. The van der Waals surface area contributed by atoms with Crippen LogP contribution in [0.3, 0.4) is 0 Å². The fourth-order valence-electron chi connectivity index (χ4n) is 2.33. The van der Waals surface area contributed by atoms with Crippen molar-refractivity contribution in [2.45, 2.75) is 12.5 Å². The molecule has 5 heteroatoms. The van der Waals surface area contributed by atoms with Gasteiger partial charge in [0.25, 0.3) is 0 Å². The van der Waals surface area contributed by atoms with E-state index in [1.54, 1.807) is 12.1 Å². The maximum Gasteiger partial charge on any atom is 0.228 e. The van der Waals surface area contributed by atoms with Gasteiger partial charge in [-0.1, -0.05) is 35.9 Å². The maximum absolute atomic E-state index is 11.3. The van der Waals surface area contributed by atoms with Crippen molar-refractivity contribution in [2.24, 2.45) is 0 Å². The predicted molar refractivity (Wildman–Crippen MR) is 82.0 cm³/mol. The van der Waals surface area contributed by atoms with Crippen LogP contribution in [0.2, 0.25) is 5.02 Å². The Morgan fingerprint density at radius 2 is 2.10 bits per heavy atom. The fraction of sp³-hybridized carbons (Fsp3) is 0.133. The van der Waals surface area contributed by atoms with Gasteiger partial charge in [-0.3, -0.25) is 4.79 Å². The zero-order valence-electron chi connectivity index (χ0n) is 10.4. The zero-order valence-corrected chi connectivity index (χ0v) is 12.7. The van der Waals surface area contributed by atoms with Gasteiger partial charge in [-0.05, 0) is 39.2 Å². The van der Waals surface area contributed by atoms with Gasteiger partial charge < -0.3 is 10.4 Å². The number of rotatable bonds is 2. The van der Waals surface area contributed by atoms with Gasteiger partial charge in [0.05, 0.1) is 11.4 Å². The molecule has 0 saturated heterocycles. The molecule has 102 valence electrons. The summed E-state index contributed by atoms with van der Waals surface area (Å²) >= 11 is 9.55. The maximum atomic E-state index is 11.3. The second-order valence-electron chi connectivity index (χ2n) is 4.69. The first-order chi connectivity index (χ1) is 9.56. The third-order valence-electron chi connectivity index (χ3n) is 3.35. The molecule has 0 aliphatic carbocycles. The Kier molecular flexibility index (Phi) is 3.54. The van der Waals surface area contributed by atoms with E-state index in [4.69, 9.17) is 11.6 Å². The van der Waals surface area contributed by atoms with Crippen LogP contribution >= 0.6 is 27.5 Å². The molecular formula is C15H11BrClNO2. The summed E-state index contributed by atoms with van der Waals surface area (Å²) in [7, 11) is 0. The van der Waals surface area contributed by atoms with Gasteiger partial charge in [0.2, 0.25) is 5.91 Å². The molecule has 0 bridgehead atoms. The Labute approximate surface area is 129 Å². The molecule has 1 amide bonds. The van der Waals surface area contributed by atoms with Gasteiger partial charge in [-0.15, -0.1) is 0 Å². The summed E-state index contributed by atoms with van der Waals surface area (Å²) in [6.07, 6.45) is -0.469. The van der Waals surface area contributed by atoms with Gasteiger partial charge in [-0.25, -0.2) is 0 Å². The monoisotopic (exact) mass is 351 g/mol. The van der Waals surface area contributed by atoms with Crippen LogP contribution in [-0.2, 0) is 11.2 Å². The van der Waals surface area contributed by atoms with E-state index in [0.29, 0.717) is 17.0 Å². The number of nitrogens with one attached hydrogen (secondary N) is 1. The number of anilines is 1. The van der Waals surface area contributed by atoms with Crippen molar-refractivity contribution in [3.05, 3.63) is 62.6 Å². The summed E-state index contributed by atoms with van der Waals surface area (Å²) in [6.45, 7) is 0. The normalized spacial score (nSPS) is 14.8. The van der Waals surface area contributed by atoms with Crippen molar-refractivity contribution in [2.75, 3.05) is 5.32 Å². The largest absolute Gasteiger partial charge is 0.384 e. The van der Waals surface area contributed by atoms with Crippen molar-refractivity contribution < 1.29 is 9.90 Å². The molecule has 2 aromatic rings. The minimum absolute atomic E-state index is 0.0212. The molecule has 0 radical (unpaired) electrons. The number of halogens is 2. The highest BCUT2D eigenvalue weighted by atomic mass is 79.9. The summed E-state index contributed by atoms with van der Waals surface area (Å²) in [4.78, 5) is 11.3. The van der Waals surface area contributed by atoms with Crippen LogP contribution in [0.5, 0.6) is 0 Å². The van der Waals surface area contributed by atoms with Crippen molar-refractivity contribution in [3.63, 3.8) is 0 Å². The minimum Gasteiger partial charge on any atom is -0.384 e. The number of carbonyl (C=O) groups excluding carboxylic acids is 1. The molecule has 1 aliphatic rings. The van der Waals surface area contributed by atoms with Crippen LogP contribution in [0.4, 0.5) is 5.69 Å². The number of hydrogen-bond acceptors (Lipinski definition) is 2. The van der Waals surface area contributed by atoms with Crippen LogP contribution in [0.1, 0.15) is 22.8 Å². The van der Waals surface area contributed by atoms with E-state index in [0.717, 1.165) is 21.3 Å². The molecule has 0 fully saturated rings. The predicted octanol–water partition coefficient (Wildman–Crippen LogP) is 3.68. The smallest absolute Gasteiger partial charge is 0.228 e. The highest BCUT2D eigenvalue weighted by molar-refractivity contribution is 9.10. The van der Waals surface area contributed by atoms with Crippen LogP contribution in [0, 0.1) is 0 Å². The number of amides is 1. The first kappa shape index (κ1) is 13.6. The summed E-state index contributed by atoms with van der Waals surface area (Å²) < 4.78 is 0.744. The number of aliphatic hydroxyl groups is 1. The standard InChI is InChI=1S/C15H11BrClNO2/c16-11-3-1-2-10(14(11)17)15(20)8-4-5-12-9(6-8)7-13(19)18-12/h1-6,15,20H,7H2,(H,18,19). The second-order valence-corrected chi connectivity index (χ2v) is 5.92. The van der Waals surface area contributed by atoms with Gasteiger partial charge in [0.15, 0.2) is 0 Å². The lowest BCUT2D eigenvalue weighted by Crippen LogP contribution is -2.03.